The van der Waals surface area contributed by atoms with Gasteiger partial charge in [0.25, 0.3) is 0 Å². The summed E-state index contributed by atoms with van der Waals surface area (Å²) in [5.41, 5.74) is 0. The standard InChI is InChI=1S/C27H55O5P/c1-3-5-7-9-11-13-15-17-19-21-23-30-33(28,32-26-27-25-29-27)31-24-22-20-18-16-14-12-10-8-6-4-2/h27H,3-26H2,1-2H3. The minimum Gasteiger partial charge on any atom is -0.371 e. The lowest BCUT2D eigenvalue weighted by atomic mass is 10.1. The molecule has 1 aliphatic rings. The quantitative estimate of drug-likeness (QED) is 0.0652. The van der Waals surface area contributed by atoms with Gasteiger partial charge in [0.05, 0.1) is 26.4 Å². The van der Waals surface area contributed by atoms with Gasteiger partial charge in [-0.1, -0.05) is 129 Å². The Morgan fingerprint density at radius 1 is 0.576 bits per heavy atom. The molecule has 0 radical (unpaired) electrons. The average molecular weight is 491 g/mol. The molecule has 1 fully saturated rings. The van der Waals surface area contributed by atoms with Crippen molar-refractivity contribution in [3.05, 3.63) is 0 Å². The van der Waals surface area contributed by atoms with Crippen molar-refractivity contribution in [2.45, 2.75) is 148 Å². The summed E-state index contributed by atoms with van der Waals surface area (Å²) in [4.78, 5) is 0. The Kier molecular flexibility index (Phi) is 21.2. The number of ether oxygens (including phenoxy) is 1. The molecule has 0 spiro atoms. The van der Waals surface area contributed by atoms with Crippen LogP contribution in [0.1, 0.15) is 142 Å². The van der Waals surface area contributed by atoms with E-state index < -0.39 is 7.82 Å². The maximum Gasteiger partial charge on any atom is 0.474 e. The molecule has 1 aliphatic heterocycles. The molecule has 5 nitrogen and oxygen atoms in total. The van der Waals surface area contributed by atoms with Crippen LogP contribution in [0.4, 0.5) is 0 Å². The first-order chi connectivity index (χ1) is 16.2. The zero-order chi connectivity index (χ0) is 23.9. The lowest BCUT2D eigenvalue weighted by Crippen LogP contribution is -2.07. The summed E-state index contributed by atoms with van der Waals surface area (Å²) < 4.78 is 34.9. The van der Waals surface area contributed by atoms with E-state index in [9.17, 15) is 4.57 Å². The van der Waals surface area contributed by atoms with E-state index in [-0.39, 0.29) is 6.10 Å². The third-order valence-corrected chi connectivity index (χ3v) is 7.78. The Bertz CT molecular complexity index is 426. The molecule has 0 amide bonds. The van der Waals surface area contributed by atoms with E-state index >= 15 is 0 Å². The average Bonchev–Trinajstić information content (AvgIpc) is 3.65. The van der Waals surface area contributed by atoms with Crippen molar-refractivity contribution in [3.8, 4) is 0 Å². The van der Waals surface area contributed by atoms with Crippen molar-refractivity contribution in [1.82, 2.24) is 0 Å². The van der Waals surface area contributed by atoms with Gasteiger partial charge in [-0.05, 0) is 12.8 Å². The molecular formula is C27H55O5P. The van der Waals surface area contributed by atoms with E-state index in [0.29, 0.717) is 26.4 Å². The van der Waals surface area contributed by atoms with Crippen molar-refractivity contribution >= 4 is 7.82 Å². The Hall–Kier alpha value is 0.0700. The Labute approximate surface area is 205 Å². The van der Waals surface area contributed by atoms with E-state index in [4.69, 9.17) is 18.3 Å². The van der Waals surface area contributed by atoms with Crippen molar-refractivity contribution in [2.75, 3.05) is 26.4 Å². The normalized spacial score (nSPS) is 15.9. The first kappa shape index (κ1) is 31.1. The molecule has 0 bridgehead atoms. The van der Waals surface area contributed by atoms with Crippen molar-refractivity contribution in [1.29, 1.82) is 0 Å². The molecule has 0 saturated carbocycles. The van der Waals surface area contributed by atoms with Crippen molar-refractivity contribution in [2.24, 2.45) is 0 Å². The summed E-state index contributed by atoms with van der Waals surface area (Å²) in [5, 5.41) is 0. The second-order valence-electron chi connectivity index (χ2n) is 9.73. The summed E-state index contributed by atoms with van der Waals surface area (Å²) in [5.74, 6) is 0. The Balaban J connectivity index is 2.02. The molecule has 1 rings (SSSR count). The topological polar surface area (TPSA) is 57.3 Å². The number of phosphoric ester groups is 1. The third kappa shape index (κ3) is 21.1. The monoisotopic (exact) mass is 490 g/mol. The van der Waals surface area contributed by atoms with Gasteiger partial charge in [0.15, 0.2) is 0 Å². The fourth-order valence-electron chi connectivity index (χ4n) is 3.98. The van der Waals surface area contributed by atoms with Gasteiger partial charge < -0.3 is 4.74 Å². The van der Waals surface area contributed by atoms with Gasteiger partial charge in [0.2, 0.25) is 0 Å². The SMILES string of the molecule is CCCCCCCCCCCCOP(=O)(OCCCCCCCCCCCC)OCC1CO1. The number of unbranched alkanes of at least 4 members (excludes halogenated alkanes) is 18. The summed E-state index contributed by atoms with van der Waals surface area (Å²) in [7, 11) is -3.47. The molecule has 1 heterocycles. The largest absolute Gasteiger partial charge is 0.474 e. The number of epoxide rings is 1. The maximum atomic E-state index is 12.9. The lowest BCUT2D eigenvalue weighted by molar-refractivity contribution is 0.104. The van der Waals surface area contributed by atoms with Gasteiger partial charge in [-0.15, -0.1) is 0 Å². The number of hydrogen-bond acceptors (Lipinski definition) is 5. The van der Waals surface area contributed by atoms with Crippen molar-refractivity contribution in [3.63, 3.8) is 0 Å². The van der Waals surface area contributed by atoms with Gasteiger partial charge in [0, 0.05) is 0 Å². The highest BCUT2D eigenvalue weighted by Crippen LogP contribution is 2.50. The van der Waals surface area contributed by atoms with Crippen LogP contribution in [0.2, 0.25) is 0 Å². The number of hydrogen-bond donors (Lipinski definition) is 0. The fourth-order valence-corrected chi connectivity index (χ4v) is 5.26. The Morgan fingerprint density at radius 2 is 0.909 bits per heavy atom. The molecule has 0 aromatic rings. The molecular weight excluding hydrogens is 435 g/mol. The van der Waals surface area contributed by atoms with Crippen LogP contribution in [0.15, 0.2) is 0 Å². The minimum absolute atomic E-state index is 0.0557. The molecule has 0 N–H and O–H groups in total. The first-order valence-corrected chi connectivity index (χ1v) is 15.8. The Morgan fingerprint density at radius 3 is 1.24 bits per heavy atom. The summed E-state index contributed by atoms with van der Waals surface area (Å²) in [6.07, 6.45) is 25.3. The molecule has 33 heavy (non-hydrogen) atoms. The van der Waals surface area contributed by atoms with E-state index in [1.54, 1.807) is 0 Å². The zero-order valence-electron chi connectivity index (χ0n) is 22.0. The van der Waals surface area contributed by atoms with Crippen LogP contribution in [-0.4, -0.2) is 32.5 Å². The van der Waals surface area contributed by atoms with E-state index in [0.717, 1.165) is 25.7 Å². The summed E-state index contributed by atoms with van der Waals surface area (Å²) >= 11 is 0. The van der Waals surface area contributed by atoms with Gasteiger partial charge in [-0.25, -0.2) is 4.57 Å². The highest BCUT2D eigenvalue weighted by atomic mass is 31.2. The molecule has 198 valence electrons. The van der Waals surface area contributed by atoms with Crippen LogP contribution in [0.5, 0.6) is 0 Å². The van der Waals surface area contributed by atoms with Gasteiger partial charge in [0.1, 0.15) is 6.10 Å². The van der Waals surface area contributed by atoms with Crippen LogP contribution in [0.25, 0.3) is 0 Å². The van der Waals surface area contributed by atoms with Crippen molar-refractivity contribution < 1.29 is 22.9 Å². The highest BCUT2D eigenvalue weighted by molar-refractivity contribution is 7.48. The highest BCUT2D eigenvalue weighted by Gasteiger charge is 2.32. The zero-order valence-corrected chi connectivity index (χ0v) is 22.9. The smallest absolute Gasteiger partial charge is 0.371 e. The minimum atomic E-state index is -3.47. The van der Waals surface area contributed by atoms with E-state index in [2.05, 4.69) is 13.8 Å². The molecule has 1 unspecified atom stereocenters. The van der Waals surface area contributed by atoms with Crippen LogP contribution in [-0.2, 0) is 22.9 Å². The summed E-state index contributed by atoms with van der Waals surface area (Å²) in [6.45, 7) is 6.38. The van der Waals surface area contributed by atoms with Crippen LogP contribution >= 0.6 is 7.82 Å². The van der Waals surface area contributed by atoms with Crippen LogP contribution < -0.4 is 0 Å². The van der Waals surface area contributed by atoms with E-state index in [1.165, 1.54) is 103 Å². The van der Waals surface area contributed by atoms with Crippen LogP contribution in [0, 0.1) is 0 Å². The second kappa shape index (κ2) is 22.5. The molecule has 0 aromatic heterocycles. The maximum absolute atomic E-state index is 12.9. The number of rotatable bonds is 27. The van der Waals surface area contributed by atoms with Crippen LogP contribution in [0.3, 0.4) is 0 Å². The predicted molar refractivity (Wildman–Crippen MR) is 139 cm³/mol. The molecule has 6 heteroatoms. The molecule has 0 aliphatic carbocycles. The molecule has 1 atom stereocenters. The van der Waals surface area contributed by atoms with E-state index in [1.807, 2.05) is 0 Å². The third-order valence-electron chi connectivity index (χ3n) is 6.32. The number of phosphoric acid groups is 1. The second-order valence-corrected chi connectivity index (χ2v) is 11.4. The molecule has 0 aromatic carbocycles. The fraction of sp³-hybridized carbons (Fsp3) is 1.00. The van der Waals surface area contributed by atoms with Gasteiger partial charge in [-0.3, -0.25) is 13.6 Å². The molecule has 1 saturated heterocycles. The van der Waals surface area contributed by atoms with Gasteiger partial charge >= 0.3 is 7.82 Å². The predicted octanol–water partition coefficient (Wildman–Crippen LogP) is 9.38. The van der Waals surface area contributed by atoms with Gasteiger partial charge in [-0.2, -0.15) is 0 Å². The lowest BCUT2D eigenvalue weighted by Gasteiger charge is -2.17. The first-order valence-electron chi connectivity index (χ1n) is 14.4. The summed E-state index contributed by atoms with van der Waals surface area (Å²) in [6, 6.07) is 0.